The Balaban J connectivity index is 0.000000276. The Bertz CT molecular complexity index is 483. The summed E-state index contributed by atoms with van der Waals surface area (Å²) in [6.45, 7) is 3.20. The van der Waals surface area contributed by atoms with Gasteiger partial charge in [0, 0.05) is 0 Å². The van der Waals surface area contributed by atoms with Gasteiger partial charge in [-0.2, -0.15) is 0 Å². The molecule has 1 aliphatic carbocycles. The minimum atomic E-state index is -1.04. The molecule has 0 atom stereocenters. The van der Waals surface area contributed by atoms with E-state index in [1.807, 2.05) is 0 Å². The van der Waals surface area contributed by atoms with Gasteiger partial charge in [0.1, 0.15) is 0 Å². The van der Waals surface area contributed by atoms with Crippen LogP contribution in [0.2, 0.25) is 0 Å². The van der Waals surface area contributed by atoms with Crippen LogP contribution in [0.5, 0.6) is 0 Å². The third kappa shape index (κ3) is 4.23. The first-order valence-corrected chi connectivity index (χ1v) is 6.67. The van der Waals surface area contributed by atoms with Gasteiger partial charge in [-0.3, -0.25) is 0 Å². The summed E-state index contributed by atoms with van der Waals surface area (Å²) in [4.78, 5) is 21.4. The SMILES string of the molecule is C1=CCCCC1.Cc1c(C(=O)O)ccc(C(=O)O)c1C. The molecular formula is C16H20O4. The summed E-state index contributed by atoms with van der Waals surface area (Å²) in [5.74, 6) is -2.08. The molecule has 2 N–H and O–H groups in total. The summed E-state index contributed by atoms with van der Waals surface area (Å²) in [5.41, 5.74) is 1.29. The fraction of sp³-hybridized carbons (Fsp3) is 0.375. The Morgan fingerprint density at radius 3 is 1.40 bits per heavy atom. The molecule has 0 radical (unpaired) electrons. The molecule has 0 unspecified atom stereocenters. The smallest absolute Gasteiger partial charge is 0.335 e. The Morgan fingerprint density at radius 2 is 1.20 bits per heavy atom. The highest BCUT2D eigenvalue weighted by atomic mass is 16.4. The summed E-state index contributed by atoms with van der Waals surface area (Å²) >= 11 is 0. The quantitative estimate of drug-likeness (QED) is 0.805. The van der Waals surface area contributed by atoms with E-state index in [0.29, 0.717) is 11.1 Å². The number of carboxylic acid groups (broad SMARTS) is 2. The second-order valence-electron chi connectivity index (χ2n) is 4.78. The second-order valence-corrected chi connectivity index (χ2v) is 4.78. The molecule has 4 nitrogen and oxygen atoms in total. The maximum absolute atomic E-state index is 10.7. The molecule has 108 valence electrons. The van der Waals surface area contributed by atoms with Gasteiger partial charge in [0.2, 0.25) is 0 Å². The molecule has 0 fully saturated rings. The van der Waals surface area contributed by atoms with E-state index in [4.69, 9.17) is 10.2 Å². The molecule has 2 rings (SSSR count). The van der Waals surface area contributed by atoms with E-state index in [1.54, 1.807) is 13.8 Å². The summed E-state index contributed by atoms with van der Waals surface area (Å²) in [5, 5.41) is 17.5. The highest BCUT2D eigenvalue weighted by Crippen LogP contribution is 2.17. The molecule has 20 heavy (non-hydrogen) atoms. The summed E-state index contributed by atoms with van der Waals surface area (Å²) in [6, 6.07) is 2.63. The van der Waals surface area contributed by atoms with Crippen LogP contribution in [0, 0.1) is 13.8 Å². The van der Waals surface area contributed by atoms with E-state index >= 15 is 0 Å². The van der Waals surface area contributed by atoms with E-state index in [9.17, 15) is 9.59 Å². The van der Waals surface area contributed by atoms with Crippen molar-refractivity contribution >= 4 is 11.9 Å². The van der Waals surface area contributed by atoms with Crippen LogP contribution in [0.4, 0.5) is 0 Å². The zero-order valence-electron chi connectivity index (χ0n) is 11.8. The number of allylic oxidation sites excluding steroid dienone is 2. The average molecular weight is 276 g/mol. The molecular weight excluding hydrogens is 256 g/mol. The largest absolute Gasteiger partial charge is 0.478 e. The monoisotopic (exact) mass is 276 g/mol. The molecule has 4 heteroatoms. The van der Waals surface area contributed by atoms with E-state index in [-0.39, 0.29) is 11.1 Å². The van der Waals surface area contributed by atoms with Crippen molar-refractivity contribution in [3.05, 3.63) is 46.5 Å². The first kappa shape index (κ1) is 16.0. The number of carboxylic acids is 2. The van der Waals surface area contributed by atoms with Gasteiger partial charge in [0.15, 0.2) is 0 Å². The minimum absolute atomic E-state index is 0.146. The lowest BCUT2D eigenvalue weighted by molar-refractivity contribution is 0.0679. The molecule has 0 amide bonds. The van der Waals surface area contributed by atoms with Crippen molar-refractivity contribution < 1.29 is 19.8 Å². The van der Waals surface area contributed by atoms with Gasteiger partial charge in [-0.1, -0.05) is 12.2 Å². The van der Waals surface area contributed by atoms with Gasteiger partial charge in [0.25, 0.3) is 0 Å². The lowest BCUT2D eigenvalue weighted by Crippen LogP contribution is -2.06. The predicted molar refractivity (Wildman–Crippen MR) is 77.4 cm³/mol. The van der Waals surface area contributed by atoms with Crippen molar-refractivity contribution in [1.29, 1.82) is 0 Å². The number of hydrogen-bond acceptors (Lipinski definition) is 2. The Hall–Kier alpha value is -2.10. The highest BCUT2D eigenvalue weighted by molar-refractivity contribution is 5.94. The molecule has 1 aliphatic rings. The van der Waals surface area contributed by atoms with Gasteiger partial charge < -0.3 is 10.2 Å². The van der Waals surface area contributed by atoms with Crippen molar-refractivity contribution in [2.24, 2.45) is 0 Å². The Labute approximate surface area is 118 Å². The van der Waals surface area contributed by atoms with Crippen LogP contribution in [0.1, 0.15) is 57.5 Å². The van der Waals surface area contributed by atoms with Crippen LogP contribution in [0.3, 0.4) is 0 Å². The van der Waals surface area contributed by atoms with E-state index in [0.717, 1.165) is 0 Å². The van der Waals surface area contributed by atoms with Crippen LogP contribution in [-0.2, 0) is 0 Å². The van der Waals surface area contributed by atoms with Crippen molar-refractivity contribution in [2.45, 2.75) is 39.5 Å². The van der Waals surface area contributed by atoms with Crippen LogP contribution in [0.25, 0.3) is 0 Å². The second kappa shape index (κ2) is 7.48. The molecule has 0 aromatic heterocycles. The maximum Gasteiger partial charge on any atom is 0.335 e. The van der Waals surface area contributed by atoms with Crippen LogP contribution in [0.15, 0.2) is 24.3 Å². The van der Waals surface area contributed by atoms with Crippen molar-refractivity contribution in [1.82, 2.24) is 0 Å². The lowest BCUT2D eigenvalue weighted by atomic mass is 9.98. The minimum Gasteiger partial charge on any atom is -0.478 e. The number of carbonyl (C=O) groups is 2. The van der Waals surface area contributed by atoms with Crippen molar-refractivity contribution in [3.8, 4) is 0 Å². The van der Waals surface area contributed by atoms with E-state index in [1.165, 1.54) is 37.8 Å². The Morgan fingerprint density at radius 1 is 0.850 bits per heavy atom. The standard InChI is InChI=1S/C10H10O4.C6H10/c1-5-6(2)8(10(13)14)4-3-7(5)9(11)12;1-2-4-6-5-3-1/h3-4H,1-2H3,(H,11,12)(H,13,14);1-2H,3-6H2. The van der Waals surface area contributed by atoms with Crippen LogP contribution in [-0.4, -0.2) is 22.2 Å². The molecule has 0 aliphatic heterocycles. The van der Waals surface area contributed by atoms with E-state index in [2.05, 4.69) is 12.2 Å². The number of hydrogen-bond donors (Lipinski definition) is 2. The van der Waals surface area contributed by atoms with Gasteiger partial charge in [0.05, 0.1) is 11.1 Å². The highest BCUT2D eigenvalue weighted by Gasteiger charge is 2.14. The number of aromatic carboxylic acids is 2. The topological polar surface area (TPSA) is 74.6 Å². The first-order valence-electron chi connectivity index (χ1n) is 6.67. The first-order chi connectivity index (χ1) is 9.45. The molecule has 0 saturated heterocycles. The molecule has 0 heterocycles. The summed E-state index contributed by atoms with van der Waals surface area (Å²) < 4.78 is 0. The molecule has 1 aromatic rings. The Kier molecular flexibility index (Phi) is 5.97. The third-order valence-corrected chi connectivity index (χ3v) is 3.41. The third-order valence-electron chi connectivity index (χ3n) is 3.41. The summed E-state index contributed by atoms with van der Waals surface area (Å²) in [6.07, 6.45) is 10.0. The lowest BCUT2D eigenvalue weighted by Gasteiger charge is -2.07. The fourth-order valence-corrected chi connectivity index (χ4v) is 2.04. The molecule has 0 spiro atoms. The molecule has 1 aromatic carbocycles. The maximum atomic E-state index is 10.7. The summed E-state index contributed by atoms with van der Waals surface area (Å²) in [7, 11) is 0. The fourth-order valence-electron chi connectivity index (χ4n) is 2.04. The zero-order valence-corrected chi connectivity index (χ0v) is 11.8. The van der Waals surface area contributed by atoms with Crippen LogP contribution >= 0.6 is 0 Å². The average Bonchev–Trinajstić information content (AvgIpc) is 2.43. The zero-order chi connectivity index (χ0) is 15.1. The van der Waals surface area contributed by atoms with Gasteiger partial charge in [-0.25, -0.2) is 9.59 Å². The van der Waals surface area contributed by atoms with Gasteiger partial charge in [-0.05, 0) is 62.8 Å². The predicted octanol–water partition coefficient (Wildman–Crippen LogP) is 3.82. The normalized spacial score (nSPS) is 13.3. The number of rotatable bonds is 2. The van der Waals surface area contributed by atoms with Crippen LogP contribution < -0.4 is 0 Å². The van der Waals surface area contributed by atoms with Crippen molar-refractivity contribution in [3.63, 3.8) is 0 Å². The van der Waals surface area contributed by atoms with Crippen molar-refractivity contribution in [2.75, 3.05) is 0 Å². The number of benzene rings is 1. The van der Waals surface area contributed by atoms with Gasteiger partial charge in [-0.15, -0.1) is 0 Å². The van der Waals surface area contributed by atoms with E-state index < -0.39 is 11.9 Å². The molecule has 0 saturated carbocycles. The molecule has 0 bridgehead atoms. The van der Waals surface area contributed by atoms with Gasteiger partial charge >= 0.3 is 11.9 Å².